The number of nitrogens with one attached hydrogen (secondary N) is 1. The highest BCUT2D eigenvalue weighted by Crippen LogP contribution is 2.28. The standard InChI is InChI=1S/C38H45N3O5S2/c1-6-29(4)39-38(43)36(25-30-14-9-8-10-15-30)40(26-31-16-12-11-13-28(31)3)37(42)27-41(32-17-19-33(20-18-32)46-7-2)48(44,45)35-23-21-34(47-5)22-24-35/h8-24,29,36H,6-7,25-27H2,1-5H3,(H,39,43)/t29-,36-/m0/s1. The summed E-state index contributed by atoms with van der Waals surface area (Å²) in [6, 6.07) is 29.5. The van der Waals surface area contributed by atoms with Crippen molar-refractivity contribution in [1.29, 1.82) is 0 Å². The molecule has 2 amide bonds. The molecule has 0 aliphatic heterocycles. The lowest BCUT2D eigenvalue weighted by Gasteiger charge is -2.34. The number of rotatable bonds is 16. The van der Waals surface area contributed by atoms with Gasteiger partial charge in [0.15, 0.2) is 0 Å². The fourth-order valence-electron chi connectivity index (χ4n) is 5.25. The molecule has 4 rings (SSSR count). The summed E-state index contributed by atoms with van der Waals surface area (Å²) in [7, 11) is -4.21. The first-order valence-corrected chi connectivity index (χ1v) is 18.8. The van der Waals surface area contributed by atoms with Crippen molar-refractivity contribution in [2.75, 3.05) is 23.7 Å². The maximum Gasteiger partial charge on any atom is 0.264 e. The van der Waals surface area contributed by atoms with E-state index in [4.69, 9.17) is 4.74 Å². The number of carbonyl (C=O) groups is 2. The van der Waals surface area contributed by atoms with Gasteiger partial charge < -0.3 is 15.0 Å². The number of ether oxygens (including phenoxy) is 1. The van der Waals surface area contributed by atoms with Crippen LogP contribution in [0.3, 0.4) is 0 Å². The van der Waals surface area contributed by atoms with Gasteiger partial charge in [-0.3, -0.25) is 13.9 Å². The average molecular weight is 688 g/mol. The minimum absolute atomic E-state index is 0.0581. The van der Waals surface area contributed by atoms with E-state index in [1.54, 1.807) is 48.5 Å². The number of aryl methyl sites for hydroxylation is 1. The Kier molecular flexibility index (Phi) is 13.1. The van der Waals surface area contributed by atoms with Gasteiger partial charge in [-0.25, -0.2) is 8.42 Å². The minimum Gasteiger partial charge on any atom is -0.494 e. The number of benzene rings is 4. The predicted octanol–water partition coefficient (Wildman–Crippen LogP) is 6.87. The number of hydrogen-bond donors (Lipinski definition) is 1. The molecule has 0 aliphatic carbocycles. The van der Waals surface area contributed by atoms with Crippen molar-refractivity contribution in [2.24, 2.45) is 0 Å². The minimum atomic E-state index is -4.21. The number of carbonyl (C=O) groups excluding carboxylic acids is 2. The second kappa shape index (κ2) is 17.2. The topological polar surface area (TPSA) is 96.0 Å². The van der Waals surface area contributed by atoms with Crippen LogP contribution in [0.15, 0.2) is 113 Å². The van der Waals surface area contributed by atoms with Crippen LogP contribution in [0.2, 0.25) is 0 Å². The Bertz CT molecular complexity index is 1750. The van der Waals surface area contributed by atoms with E-state index in [9.17, 15) is 18.0 Å². The molecule has 0 spiro atoms. The zero-order chi connectivity index (χ0) is 34.7. The fourth-order valence-corrected chi connectivity index (χ4v) is 7.07. The Morgan fingerprint density at radius 2 is 1.52 bits per heavy atom. The van der Waals surface area contributed by atoms with E-state index < -0.39 is 28.5 Å². The molecule has 0 saturated carbocycles. The molecule has 10 heteroatoms. The van der Waals surface area contributed by atoms with E-state index in [2.05, 4.69) is 5.32 Å². The molecular formula is C38H45N3O5S2. The van der Waals surface area contributed by atoms with E-state index in [1.165, 1.54) is 16.7 Å². The van der Waals surface area contributed by atoms with Gasteiger partial charge in [-0.2, -0.15) is 0 Å². The maximum absolute atomic E-state index is 14.7. The maximum atomic E-state index is 14.7. The molecular weight excluding hydrogens is 643 g/mol. The first-order valence-electron chi connectivity index (χ1n) is 16.1. The van der Waals surface area contributed by atoms with E-state index in [1.807, 2.05) is 88.5 Å². The van der Waals surface area contributed by atoms with Crippen molar-refractivity contribution < 1.29 is 22.7 Å². The van der Waals surface area contributed by atoms with Crippen LogP contribution in [-0.2, 0) is 32.6 Å². The number of nitrogens with zero attached hydrogens (tertiary/aromatic N) is 2. The van der Waals surface area contributed by atoms with Crippen molar-refractivity contribution in [3.05, 3.63) is 120 Å². The zero-order valence-electron chi connectivity index (χ0n) is 28.3. The van der Waals surface area contributed by atoms with Crippen LogP contribution in [0.1, 0.15) is 43.9 Å². The van der Waals surface area contributed by atoms with Gasteiger partial charge in [-0.05, 0) is 98.7 Å². The molecule has 2 atom stereocenters. The molecule has 0 fully saturated rings. The third-order valence-corrected chi connectivity index (χ3v) is 10.8. The lowest BCUT2D eigenvalue weighted by Crippen LogP contribution is -2.54. The smallest absolute Gasteiger partial charge is 0.264 e. The predicted molar refractivity (Wildman–Crippen MR) is 194 cm³/mol. The molecule has 1 N–H and O–H groups in total. The summed E-state index contributed by atoms with van der Waals surface area (Å²) in [5.74, 6) is -0.213. The van der Waals surface area contributed by atoms with Crippen LogP contribution < -0.4 is 14.4 Å². The second-order valence-electron chi connectivity index (χ2n) is 11.6. The number of amides is 2. The number of sulfonamides is 1. The fraction of sp³-hybridized carbons (Fsp3) is 0.316. The monoisotopic (exact) mass is 687 g/mol. The summed E-state index contributed by atoms with van der Waals surface area (Å²) in [6.07, 6.45) is 2.89. The van der Waals surface area contributed by atoms with Gasteiger partial charge >= 0.3 is 0 Å². The summed E-state index contributed by atoms with van der Waals surface area (Å²) < 4.78 is 35.4. The highest BCUT2D eigenvalue weighted by Gasteiger charge is 2.35. The quantitative estimate of drug-likeness (QED) is 0.129. The van der Waals surface area contributed by atoms with Gasteiger partial charge in [0, 0.05) is 23.9 Å². The normalized spacial score (nSPS) is 12.5. The SMILES string of the molecule is CCOc1ccc(N(CC(=O)N(Cc2ccccc2C)[C@@H](Cc2ccccc2)C(=O)N[C@@H](C)CC)S(=O)(=O)c2ccc(SC)cc2)cc1. The van der Waals surface area contributed by atoms with Gasteiger partial charge in [0.1, 0.15) is 18.3 Å². The molecule has 0 aliphatic rings. The molecule has 0 unspecified atom stereocenters. The molecule has 4 aromatic carbocycles. The Hall–Kier alpha value is -4.28. The average Bonchev–Trinajstić information content (AvgIpc) is 3.10. The summed E-state index contributed by atoms with van der Waals surface area (Å²) in [6.45, 7) is 7.79. The van der Waals surface area contributed by atoms with Gasteiger partial charge in [0.25, 0.3) is 10.0 Å². The first-order chi connectivity index (χ1) is 23.1. The molecule has 0 aromatic heterocycles. The second-order valence-corrected chi connectivity index (χ2v) is 14.3. The Morgan fingerprint density at radius 1 is 0.875 bits per heavy atom. The lowest BCUT2D eigenvalue weighted by atomic mass is 10.0. The zero-order valence-corrected chi connectivity index (χ0v) is 29.9. The summed E-state index contributed by atoms with van der Waals surface area (Å²) in [5.41, 5.74) is 3.01. The van der Waals surface area contributed by atoms with E-state index in [-0.39, 0.29) is 29.8 Å². The van der Waals surface area contributed by atoms with Crippen LogP contribution in [-0.4, -0.2) is 56.6 Å². The third kappa shape index (κ3) is 9.41. The number of anilines is 1. The molecule has 48 heavy (non-hydrogen) atoms. The van der Waals surface area contributed by atoms with Gasteiger partial charge in [-0.15, -0.1) is 11.8 Å². The molecule has 0 radical (unpaired) electrons. The van der Waals surface area contributed by atoms with Gasteiger partial charge in [0.05, 0.1) is 17.2 Å². The van der Waals surface area contributed by atoms with Crippen LogP contribution in [0.25, 0.3) is 0 Å². The molecule has 4 aromatic rings. The summed E-state index contributed by atoms with van der Waals surface area (Å²) in [5, 5.41) is 3.08. The Labute approximate surface area is 289 Å². The van der Waals surface area contributed by atoms with Gasteiger partial charge in [-0.1, -0.05) is 61.5 Å². The lowest BCUT2D eigenvalue weighted by molar-refractivity contribution is -0.140. The Morgan fingerprint density at radius 3 is 2.12 bits per heavy atom. The largest absolute Gasteiger partial charge is 0.494 e. The first kappa shape index (κ1) is 36.6. The van der Waals surface area contributed by atoms with Crippen LogP contribution >= 0.6 is 11.8 Å². The molecule has 0 heterocycles. The van der Waals surface area contributed by atoms with E-state index in [0.717, 1.165) is 25.9 Å². The van der Waals surface area contributed by atoms with Crippen molar-refractivity contribution in [2.45, 2.75) is 69.0 Å². The highest BCUT2D eigenvalue weighted by atomic mass is 32.2. The van der Waals surface area contributed by atoms with Crippen LogP contribution in [0, 0.1) is 6.92 Å². The van der Waals surface area contributed by atoms with Crippen molar-refractivity contribution in [1.82, 2.24) is 10.2 Å². The van der Waals surface area contributed by atoms with E-state index in [0.29, 0.717) is 24.5 Å². The highest BCUT2D eigenvalue weighted by molar-refractivity contribution is 7.98. The van der Waals surface area contributed by atoms with Crippen LogP contribution in [0.4, 0.5) is 5.69 Å². The van der Waals surface area contributed by atoms with Gasteiger partial charge in [0.2, 0.25) is 11.8 Å². The summed E-state index contributed by atoms with van der Waals surface area (Å²) in [4.78, 5) is 31.2. The Balaban J connectivity index is 1.82. The number of hydrogen-bond acceptors (Lipinski definition) is 6. The van der Waals surface area contributed by atoms with Crippen LogP contribution in [0.5, 0.6) is 5.75 Å². The molecule has 0 saturated heterocycles. The third-order valence-electron chi connectivity index (χ3n) is 8.24. The molecule has 254 valence electrons. The van der Waals surface area contributed by atoms with Crippen molar-refractivity contribution >= 4 is 39.3 Å². The van der Waals surface area contributed by atoms with E-state index >= 15 is 0 Å². The van der Waals surface area contributed by atoms with Crippen molar-refractivity contribution in [3.8, 4) is 5.75 Å². The molecule has 8 nitrogen and oxygen atoms in total. The summed E-state index contributed by atoms with van der Waals surface area (Å²) >= 11 is 1.51. The van der Waals surface area contributed by atoms with Crippen molar-refractivity contribution in [3.63, 3.8) is 0 Å². The number of thioether (sulfide) groups is 1. The molecule has 0 bridgehead atoms.